The number of hydrogen-bond acceptors (Lipinski definition) is 5. The highest BCUT2D eigenvalue weighted by atomic mass is 35.5. The van der Waals surface area contributed by atoms with Gasteiger partial charge in [0.2, 0.25) is 11.8 Å². The van der Waals surface area contributed by atoms with Crippen LogP contribution in [0.15, 0.2) is 83.8 Å². The van der Waals surface area contributed by atoms with E-state index >= 15 is 0 Å². The third kappa shape index (κ3) is 7.99. The molecule has 2 amide bonds. The first-order valence-electron chi connectivity index (χ1n) is 13.2. The van der Waals surface area contributed by atoms with Crippen LogP contribution in [0.4, 0.5) is 5.69 Å². The fraction of sp³-hybridized carbons (Fsp3) is 0.333. The van der Waals surface area contributed by atoms with Crippen molar-refractivity contribution in [1.29, 1.82) is 0 Å². The lowest BCUT2D eigenvalue weighted by molar-refractivity contribution is -0.139. The van der Waals surface area contributed by atoms with Gasteiger partial charge in [0.1, 0.15) is 18.3 Å². The van der Waals surface area contributed by atoms with Gasteiger partial charge in [0.05, 0.1) is 17.2 Å². The number of hydrogen-bond donors (Lipinski definition) is 1. The normalized spacial score (nSPS) is 12.1. The molecule has 10 heteroatoms. The van der Waals surface area contributed by atoms with Gasteiger partial charge in [0.25, 0.3) is 10.0 Å². The molecule has 0 aliphatic carbocycles. The third-order valence-electron chi connectivity index (χ3n) is 6.16. The van der Waals surface area contributed by atoms with E-state index in [0.717, 1.165) is 9.87 Å². The van der Waals surface area contributed by atoms with Crippen LogP contribution in [0.3, 0.4) is 0 Å². The largest absolute Gasteiger partial charge is 0.492 e. The van der Waals surface area contributed by atoms with Gasteiger partial charge in [-0.3, -0.25) is 13.9 Å². The monoisotopic (exact) mass is 585 g/mol. The van der Waals surface area contributed by atoms with Crippen molar-refractivity contribution in [1.82, 2.24) is 10.2 Å². The lowest BCUT2D eigenvalue weighted by Gasteiger charge is -2.32. The molecule has 1 unspecified atom stereocenters. The van der Waals surface area contributed by atoms with Crippen LogP contribution in [0, 0.1) is 5.92 Å². The number of benzene rings is 3. The number of carbonyl (C=O) groups is 2. The lowest BCUT2D eigenvalue weighted by Crippen LogP contribution is -2.51. The second-order valence-electron chi connectivity index (χ2n) is 9.69. The minimum absolute atomic E-state index is 0.0288. The highest BCUT2D eigenvalue weighted by molar-refractivity contribution is 7.92. The second kappa shape index (κ2) is 14.2. The fourth-order valence-corrected chi connectivity index (χ4v) is 5.57. The minimum Gasteiger partial charge on any atom is -0.492 e. The molecule has 1 atom stereocenters. The van der Waals surface area contributed by atoms with Gasteiger partial charge >= 0.3 is 0 Å². The lowest BCUT2D eigenvalue weighted by atomic mass is 10.1. The molecule has 0 aromatic heterocycles. The van der Waals surface area contributed by atoms with Crippen molar-refractivity contribution in [3.8, 4) is 5.75 Å². The topological polar surface area (TPSA) is 96.0 Å². The number of rotatable bonds is 13. The Hall–Kier alpha value is -3.56. The SMILES string of the molecule is CCOc1ccccc1N(CC(=O)N(Cc1ccc(Cl)cc1)C(C)C(=O)NCC(C)C)S(=O)(=O)c1ccccc1. The molecule has 3 rings (SSSR count). The van der Waals surface area contributed by atoms with E-state index in [2.05, 4.69) is 5.32 Å². The van der Waals surface area contributed by atoms with Crippen molar-refractivity contribution in [2.45, 2.75) is 45.2 Å². The maximum atomic E-state index is 14.0. The maximum Gasteiger partial charge on any atom is 0.264 e. The molecule has 3 aromatic rings. The van der Waals surface area contributed by atoms with E-state index in [1.54, 1.807) is 80.6 Å². The minimum atomic E-state index is -4.18. The summed E-state index contributed by atoms with van der Waals surface area (Å²) in [6, 6.07) is 20.7. The maximum absolute atomic E-state index is 14.0. The van der Waals surface area contributed by atoms with E-state index in [9.17, 15) is 18.0 Å². The standard InChI is InChI=1S/C30H36ClN3O5S/c1-5-39-28-14-10-9-13-27(28)34(40(37,38)26-11-7-6-8-12-26)21-29(35)33(20-24-15-17-25(31)18-16-24)23(4)30(36)32-19-22(2)3/h6-18,22-23H,5,19-21H2,1-4H3,(H,32,36). The Morgan fingerprint density at radius 2 is 1.55 bits per heavy atom. The van der Waals surface area contributed by atoms with Gasteiger partial charge < -0.3 is 15.0 Å². The number of nitrogens with one attached hydrogen (secondary N) is 1. The number of sulfonamides is 1. The van der Waals surface area contributed by atoms with E-state index in [1.165, 1.54) is 17.0 Å². The first-order chi connectivity index (χ1) is 19.0. The van der Waals surface area contributed by atoms with Gasteiger partial charge in [-0.15, -0.1) is 0 Å². The first kappa shape index (κ1) is 31.0. The zero-order valence-electron chi connectivity index (χ0n) is 23.2. The summed E-state index contributed by atoms with van der Waals surface area (Å²) in [5.41, 5.74) is 0.971. The third-order valence-corrected chi connectivity index (χ3v) is 8.19. The van der Waals surface area contributed by atoms with Crippen molar-refractivity contribution in [2.24, 2.45) is 5.92 Å². The van der Waals surface area contributed by atoms with E-state index in [0.29, 0.717) is 23.9 Å². The number of halogens is 1. The highest BCUT2D eigenvalue weighted by Gasteiger charge is 2.33. The number of carbonyl (C=O) groups excluding carboxylic acids is 2. The van der Waals surface area contributed by atoms with Gasteiger partial charge in [-0.05, 0) is 61.7 Å². The zero-order valence-corrected chi connectivity index (χ0v) is 24.8. The zero-order chi connectivity index (χ0) is 29.3. The van der Waals surface area contributed by atoms with Gasteiger partial charge in [0, 0.05) is 18.1 Å². The van der Waals surface area contributed by atoms with Crippen molar-refractivity contribution >= 4 is 39.1 Å². The molecule has 0 aliphatic heterocycles. The summed E-state index contributed by atoms with van der Waals surface area (Å²) in [7, 11) is -4.18. The summed E-state index contributed by atoms with van der Waals surface area (Å²) < 4.78 is 34.6. The van der Waals surface area contributed by atoms with E-state index < -0.39 is 28.5 Å². The molecule has 40 heavy (non-hydrogen) atoms. The van der Waals surface area contributed by atoms with Crippen molar-refractivity contribution in [3.05, 3.63) is 89.4 Å². The smallest absolute Gasteiger partial charge is 0.264 e. The molecule has 214 valence electrons. The average Bonchev–Trinajstić information content (AvgIpc) is 2.94. The van der Waals surface area contributed by atoms with Crippen LogP contribution in [-0.4, -0.2) is 50.9 Å². The number of nitrogens with zero attached hydrogens (tertiary/aromatic N) is 2. The van der Waals surface area contributed by atoms with Crippen LogP contribution in [0.5, 0.6) is 5.75 Å². The number of ether oxygens (including phenoxy) is 1. The molecule has 1 N–H and O–H groups in total. The summed E-state index contributed by atoms with van der Waals surface area (Å²) in [5.74, 6) is -0.335. The molecule has 3 aromatic carbocycles. The van der Waals surface area contributed by atoms with Crippen LogP contribution in [0.1, 0.15) is 33.3 Å². The highest BCUT2D eigenvalue weighted by Crippen LogP contribution is 2.33. The van der Waals surface area contributed by atoms with E-state index in [1.807, 2.05) is 13.8 Å². The van der Waals surface area contributed by atoms with Crippen LogP contribution in [0.2, 0.25) is 5.02 Å². The summed E-state index contributed by atoms with van der Waals surface area (Å²) >= 11 is 6.05. The van der Waals surface area contributed by atoms with Crippen LogP contribution < -0.4 is 14.4 Å². The van der Waals surface area contributed by atoms with Crippen LogP contribution >= 0.6 is 11.6 Å². The summed E-state index contributed by atoms with van der Waals surface area (Å²) in [6.07, 6.45) is 0. The van der Waals surface area contributed by atoms with Gasteiger partial charge in [0.15, 0.2) is 0 Å². The molecule has 0 saturated carbocycles. The van der Waals surface area contributed by atoms with Gasteiger partial charge in [-0.1, -0.05) is 67.9 Å². The Balaban J connectivity index is 2.04. The number of anilines is 1. The Bertz CT molecular complexity index is 1380. The number of para-hydroxylation sites is 2. The molecule has 0 fully saturated rings. The molecule has 8 nitrogen and oxygen atoms in total. The van der Waals surface area contributed by atoms with E-state index in [4.69, 9.17) is 16.3 Å². The van der Waals surface area contributed by atoms with Crippen molar-refractivity contribution < 1.29 is 22.7 Å². The van der Waals surface area contributed by atoms with E-state index in [-0.39, 0.29) is 29.0 Å². The van der Waals surface area contributed by atoms with Crippen LogP contribution in [0.25, 0.3) is 0 Å². The molecule has 0 spiro atoms. The Labute approximate surface area is 241 Å². The van der Waals surface area contributed by atoms with Gasteiger partial charge in [-0.2, -0.15) is 0 Å². The molecule has 0 saturated heterocycles. The molecular weight excluding hydrogens is 550 g/mol. The predicted octanol–water partition coefficient (Wildman–Crippen LogP) is 5.12. The molecule has 0 aliphatic rings. The number of amides is 2. The van der Waals surface area contributed by atoms with Crippen LogP contribution in [-0.2, 0) is 26.2 Å². The molecule has 0 heterocycles. The van der Waals surface area contributed by atoms with Crippen molar-refractivity contribution in [2.75, 3.05) is 24.0 Å². The Morgan fingerprint density at radius 1 is 0.925 bits per heavy atom. The van der Waals surface area contributed by atoms with Crippen molar-refractivity contribution in [3.63, 3.8) is 0 Å². The predicted molar refractivity (Wildman–Crippen MR) is 158 cm³/mol. The Morgan fingerprint density at radius 3 is 2.17 bits per heavy atom. The summed E-state index contributed by atoms with van der Waals surface area (Å²) in [4.78, 5) is 28.5. The first-order valence-corrected chi connectivity index (χ1v) is 15.0. The molecule has 0 bridgehead atoms. The Kier molecular flexibility index (Phi) is 11.0. The fourth-order valence-electron chi connectivity index (χ4n) is 4.00. The molecular formula is C30H36ClN3O5S. The quantitative estimate of drug-likeness (QED) is 0.300. The average molecular weight is 586 g/mol. The molecule has 0 radical (unpaired) electrons. The summed E-state index contributed by atoms with van der Waals surface area (Å²) in [5, 5.41) is 3.41. The summed E-state index contributed by atoms with van der Waals surface area (Å²) in [6.45, 7) is 7.67. The van der Waals surface area contributed by atoms with Gasteiger partial charge in [-0.25, -0.2) is 8.42 Å². The second-order valence-corrected chi connectivity index (χ2v) is 12.0.